The van der Waals surface area contributed by atoms with Gasteiger partial charge in [0.05, 0.1) is 11.0 Å². The molecular weight excluding hydrogens is 374 g/mol. The van der Waals surface area contributed by atoms with Crippen LogP contribution in [0.4, 0.5) is 0 Å². The van der Waals surface area contributed by atoms with Gasteiger partial charge < -0.3 is 4.57 Å². The number of aromatic nitrogens is 1. The van der Waals surface area contributed by atoms with E-state index >= 15 is 0 Å². The summed E-state index contributed by atoms with van der Waals surface area (Å²) in [5.41, 5.74) is 8.60. The van der Waals surface area contributed by atoms with Crippen molar-refractivity contribution < 1.29 is 0 Å². The predicted molar refractivity (Wildman–Crippen MR) is 132 cm³/mol. The van der Waals surface area contributed by atoms with E-state index in [0.717, 1.165) is 0 Å². The van der Waals surface area contributed by atoms with Crippen LogP contribution in [0, 0.1) is 0 Å². The number of hydrogen-bond acceptors (Lipinski definition) is 0. The van der Waals surface area contributed by atoms with Gasteiger partial charge in [-0.25, -0.2) is 0 Å². The summed E-state index contributed by atoms with van der Waals surface area (Å²) in [6.45, 7) is 0. The van der Waals surface area contributed by atoms with Crippen molar-refractivity contribution in [3.63, 3.8) is 0 Å². The molecule has 1 aromatic heterocycles. The molecule has 0 unspecified atom stereocenters. The van der Waals surface area contributed by atoms with Crippen LogP contribution >= 0.6 is 0 Å². The largest absolute Gasteiger partial charge is 0.309 e. The molecule has 0 aliphatic rings. The molecule has 6 rings (SSSR count). The van der Waals surface area contributed by atoms with Gasteiger partial charge in [0.2, 0.25) is 0 Å². The summed E-state index contributed by atoms with van der Waals surface area (Å²) >= 11 is 0. The monoisotopic (exact) mass is 395 g/mol. The lowest BCUT2D eigenvalue weighted by atomic mass is 9.95. The molecule has 6 aromatic rings. The Morgan fingerprint density at radius 1 is 0.419 bits per heavy atom. The van der Waals surface area contributed by atoms with E-state index in [1.54, 1.807) is 0 Å². The molecule has 0 amide bonds. The van der Waals surface area contributed by atoms with Gasteiger partial charge in [0.15, 0.2) is 0 Å². The highest BCUT2D eigenvalue weighted by molar-refractivity contribution is 6.15. The average Bonchev–Trinajstić information content (AvgIpc) is 3.19. The van der Waals surface area contributed by atoms with E-state index in [2.05, 4.69) is 132 Å². The summed E-state index contributed by atoms with van der Waals surface area (Å²) in [5, 5.41) is 2.55. The maximum Gasteiger partial charge on any atom is 0.0619 e. The quantitative estimate of drug-likeness (QED) is 0.285. The molecule has 31 heavy (non-hydrogen) atoms. The van der Waals surface area contributed by atoms with Crippen molar-refractivity contribution in [3.8, 4) is 27.9 Å². The Morgan fingerprint density at radius 3 is 1.71 bits per heavy atom. The first-order chi connectivity index (χ1) is 15.4. The van der Waals surface area contributed by atoms with Crippen molar-refractivity contribution in [1.29, 1.82) is 0 Å². The predicted octanol–water partition coefficient (Wildman–Crippen LogP) is 8.12. The average molecular weight is 396 g/mol. The lowest BCUT2D eigenvalue weighted by Crippen LogP contribution is -1.95. The molecule has 0 atom stereocenters. The first-order valence-corrected chi connectivity index (χ1v) is 10.6. The standard InChI is InChI=1S/C30H21N/c1-4-12-22(13-5-1)24-20-27(23-14-6-2-7-15-23)30-28(21-24)26-18-10-11-19-29(26)31(30)25-16-8-3-9-17-25/h1-21H. The summed E-state index contributed by atoms with van der Waals surface area (Å²) in [4.78, 5) is 0. The second-order valence-corrected chi connectivity index (χ2v) is 7.84. The molecule has 1 heterocycles. The lowest BCUT2D eigenvalue weighted by molar-refractivity contribution is 1.18. The molecule has 0 radical (unpaired) electrons. The van der Waals surface area contributed by atoms with Gasteiger partial charge in [-0.05, 0) is 47.0 Å². The Balaban J connectivity index is 1.81. The van der Waals surface area contributed by atoms with E-state index in [9.17, 15) is 0 Å². The second-order valence-electron chi connectivity index (χ2n) is 7.84. The third-order valence-electron chi connectivity index (χ3n) is 5.97. The van der Waals surface area contributed by atoms with Gasteiger partial charge in [0.1, 0.15) is 0 Å². The van der Waals surface area contributed by atoms with E-state index in [-0.39, 0.29) is 0 Å². The fraction of sp³-hybridized carbons (Fsp3) is 0. The molecule has 0 spiro atoms. The summed E-state index contributed by atoms with van der Waals surface area (Å²) in [5.74, 6) is 0. The normalized spacial score (nSPS) is 11.2. The topological polar surface area (TPSA) is 4.93 Å². The molecule has 0 fully saturated rings. The maximum atomic E-state index is 2.40. The second kappa shape index (κ2) is 7.30. The Morgan fingerprint density at radius 2 is 1.00 bits per heavy atom. The lowest BCUT2D eigenvalue weighted by Gasteiger charge is -2.13. The van der Waals surface area contributed by atoms with Crippen LogP contribution in [0.5, 0.6) is 0 Å². The molecule has 0 saturated heterocycles. The van der Waals surface area contributed by atoms with Gasteiger partial charge >= 0.3 is 0 Å². The zero-order chi connectivity index (χ0) is 20.6. The first-order valence-electron chi connectivity index (χ1n) is 10.6. The molecule has 5 aromatic carbocycles. The fourth-order valence-corrected chi connectivity index (χ4v) is 4.58. The smallest absolute Gasteiger partial charge is 0.0619 e. The van der Waals surface area contributed by atoms with Crippen LogP contribution < -0.4 is 0 Å². The SMILES string of the molecule is c1ccc(-c2cc(-c3ccccc3)c3c(c2)c2ccccc2n3-c2ccccc2)cc1. The van der Waals surface area contributed by atoms with Crippen LogP contribution in [-0.4, -0.2) is 4.57 Å². The minimum absolute atomic E-state index is 1.18. The van der Waals surface area contributed by atoms with Crippen LogP contribution in [0.25, 0.3) is 49.7 Å². The Bertz CT molecular complexity index is 1490. The first kappa shape index (κ1) is 17.7. The molecule has 1 nitrogen and oxygen atoms in total. The molecule has 0 bridgehead atoms. The van der Waals surface area contributed by atoms with Crippen molar-refractivity contribution in [1.82, 2.24) is 4.57 Å². The van der Waals surface area contributed by atoms with Gasteiger partial charge in [-0.3, -0.25) is 0 Å². The maximum absolute atomic E-state index is 2.40. The number of hydrogen-bond donors (Lipinski definition) is 0. The summed E-state index contributed by atoms with van der Waals surface area (Å²) in [6.07, 6.45) is 0. The van der Waals surface area contributed by atoms with Crippen LogP contribution in [0.3, 0.4) is 0 Å². The zero-order valence-corrected chi connectivity index (χ0v) is 17.1. The molecule has 0 aliphatic carbocycles. The highest BCUT2D eigenvalue weighted by Crippen LogP contribution is 2.40. The Labute approximate surface area is 181 Å². The fourth-order valence-electron chi connectivity index (χ4n) is 4.58. The van der Waals surface area contributed by atoms with Crippen LogP contribution in [0.2, 0.25) is 0 Å². The number of para-hydroxylation sites is 2. The van der Waals surface area contributed by atoms with Gasteiger partial charge in [0.25, 0.3) is 0 Å². The third kappa shape index (κ3) is 2.94. The number of rotatable bonds is 3. The molecule has 0 saturated carbocycles. The number of fused-ring (bicyclic) bond motifs is 3. The molecule has 146 valence electrons. The van der Waals surface area contributed by atoms with Gasteiger partial charge in [-0.15, -0.1) is 0 Å². The van der Waals surface area contributed by atoms with Crippen molar-refractivity contribution >= 4 is 21.8 Å². The van der Waals surface area contributed by atoms with Crippen molar-refractivity contribution in [3.05, 3.63) is 127 Å². The van der Waals surface area contributed by atoms with Gasteiger partial charge in [-0.1, -0.05) is 97.1 Å². The van der Waals surface area contributed by atoms with Crippen LogP contribution in [0.15, 0.2) is 127 Å². The minimum Gasteiger partial charge on any atom is -0.309 e. The third-order valence-corrected chi connectivity index (χ3v) is 5.97. The number of nitrogens with zero attached hydrogens (tertiary/aromatic N) is 1. The Kier molecular flexibility index (Phi) is 4.18. The van der Waals surface area contributed by atoms with Crippen molar-refractivity contribution in [2.45, 2.75) is 0 Å². The number of benzene rings is 5. The summed E-state index contributed by atoms with van der Waals surface area (Å²) in [7, 11) is 0. The molecule has 0 aliphatic heterocycles. The highest BCUT2D eigenvalue weighted by Gasteiger charge is 2.17. The summed E-state index contributed by atoms with van der Waals surface area (Å²) in [6, 6.07) is 45.4. The van der Waals surface area contributed by atoms with Crippen LogP contribution in [-0.2, 0) is 0 Å². The van der Waals surface area contributed by atoms with E-state index in [1.165, 1.54) is 49.7 Å². The van der Waals surface area contributed by atoms with E-state index in [0.29, 0.717) is 0 Å². The van der Waals surface area contributed by atoms with Crippen molar-refractivity contribution in [2.75, 3.05) is 0 Å². The molecule has 0 N–H and O–H groups in total. The Hall–Kier alpha value is -4.10. The van der Waals surface area contributed by atoms with Gasteiger partial charge in [-0.2, -0.15) is 0 Å². The summed E-state index contributed by atoms with van der Waals surface area (Å²) < 4.78 is 2.40. The van der Waals surface area contributed by atoms with E-state index in [1.807, 2.05) is 0 Å². The van der Waals surface area contributed by atoms with Crippen LogP contribution in [0.1, 0.15) is 0 Å². The van der Waals surface area contributed by atoms with Gasteiger partial charge in [0, 0.05) is 22.0 Å². The van der Waals surface area contributed by atoms with E-state index < -0.39 is 0 Å². The van der Waals surface area contributed by atoms with Crippen molar-refractivity contribution in [2.24, 2.45) is 0 Å². The molecular formula is C30H21N. The highest BCUT2D eigenvalue weighted by atomic mass is 15.0. The minimum atomic E-state index is 1.18. The molecule has 1 heteroatoms. The van der Waals surface area contributed by atoms with E-state index in [4.69, 9.17) is 0 Å². The zero-order valence-electron chi connectivity index (χ0n) is 17.1.